The molecule has 1 fully saturated rings. The summed E-state index contributed by atoms with van der Waals surface area (Å²) < 4.78 is 71.8. The van der Waals surface area contributed by atoms with Gasteiger partial charge in [-0.2, -0.15) is 13.2 Å². The number of halogens is 3. The van der Waals surface area contributed by atoms with E-state index in [1.165, 1.54) is 0 Å². The fraction of sp³-hybridized carbons (Fsp3) is 0.355. The summed E-state index contributed by atoms with van der Waals surface area (Å²) in [5.74, 6) is -1.75. The molecule has 1 aliphatic rings. The molecule has 12 heteroatoms. The number of sulfonamides is 1. The lowest BCUT2D eigenvalue weighted by molar-refractivity contribution is -0.152. The zero-order valence-electron chi connectivity index (χ0n) is 23.4. The minimum Gasteiger partial charge on any atom is -0.462 e. The van der Waals surface area contributed by atoms with Crippen molar-refractivity contribution in [2.75, 3.05) is 6.61 Å². The van der Waals surface area contributed by atoms with E-state index in [1.54, 1.807) is 30.3 Å². The van der Waals surface area contributed by atoms with Crippen LogP contribution in [0.4, 0.5) is 13.2 Å². The molecular weight excluding hydrogens is 583 g/mol. The molecule has 4 rings (SSSR count). The third-order valence-electron chi connectivity index (χ3n) is 7.38. The highest BCUT2D eigenvalue weighted by atomic mass is 32.2. The van der Waals surface area contributed by atoms with Gasteiger partial charge in [0, 0.05) is 5.92 Å². The SMILES string of the molecule is NC(Cc1ccccc1)C(=O)OC[C@H](c1ccccc1)N(NS(=O)(=O)c1ccc(C(F)(F)F)cc1)C(=O)C1CCCCC1. The van der Waals surface area contributed by atoms with Crippen molar-refractivity contribution in [1.82, 2.24) is 9.84 Å². The Bertz CT molecular complexity index is 1460. The summed E-state index contributed by atoms with van der Waals surface area (Å²) >= 11 is 0. The zero-order valence-corrected chi connectivity index (χ0v) is 24.2. The molecule has 1 amide bonds. The van der Waals surface area contributed by atoms with Gasteiger partial charge in [-0.05, 0) is 54.7 Å². The number of nitrogens with one attached hydrogen (secondary N) is 1. The maximum absolute atomic E-state index is 13.9. The van der Waals surface area contributed by atoms with Crippen molar-refractivity contribution < 1.29 is 35.9 Å². The van der Waals surface area contributed by atoms with E-state index < -0.39 is 63.1 Å². The van der Waals surface area contributed by atoms with Gasteiger partial charge in [-0.1, -0.05) is 79.9 Å². The fourth-order valence-electron chi connectivity index (χ4n) is 5.03. The van der Waals surface area contributed by atoms with Gasteiger partial charge in [-0.15, -0.1) is 4.83 Å². The highest BCUT2D eigenvalue weighted by Gasteiger charge is 2.36. The third kappa shape index (κ3) is 8.65. The Morgan fingerprint density at radius 1 is 0.907 bits per heavy atom. The topological polar surface area (TPSA) is 119 Å². The quantitative estimate of drug-likeness (QED) is 0.227. The number of nitrogens with zero attached hydrogens (tertiary/aromatic N) is 1. The average Bonchev–Trinajstić information content (AvgIpc) is 3.01. The Balaban J connectivity index is 1.63. The first-order valence-electron chi connectivity index (χ1n) is 14.0. The molecule has 0 bridgehead atoms. The number of carbonyl (C=O) groups excluding carboxylic acids is 2. The Labute approximate surface area is 249 Å². The van der Waals surface area contributed by atoms with Gasteiger partial charge >= 0.3 is 12.1 Å². The van der Waals surface area contributed by atoms with Crippen LogP contribution in [0.2, 0.25) is 0 Å². The minimum atomic E-state index is -4.65. The number of rotatable bonds is 11. The van der Waals surface area contributed by atoms with E-state index in [0.717, 1.165) is 42.0 Å². The number of hydrogen-bond donors (Lipinski definition) is 2. The van der Waals surface area contributed by atoms with Gasteiger partial charge in [-0.3, -0.25) is 14.6 Å². The molecule has 0 aliphatic heterocycles. The Morgan fingerprint density at radius 3 is 2.07 bits per heavy atom. The van der Waals surface area contributed by atoms with Crippen LogP contribution in [0.15, 0.2) is 89.8 Å². The van der Waals surface area contributed by atoms with Gasteiger partial charge in [0.25, 0.3) is 10.0 Å². The number of ether oxygens (including phenoxy) is 1. The van der Waals surface area contributed by atoms with Crippen LogP contribution in [-0.4, -0.2) is 38.0 Å². The van der Waals surface area contributed by atoms with E-state index in [4.69, 9.17) is 10.5 Å². The first-order valence-corrected chi connectivity index (χ1v) is 15.5. The second kappa shape index (κ2) is 14.2. The van der Waals surface area contributed by atoms with Crippen molar-refractivity contribution in [2.45, 2.75) is 61.7 Å². The van der Waals surface area contributed by atoms with Gasteiger partial charge in [0.05, 0.1) is 10.5 Å². The molecule has 1 aliphatic carbocycles. The minimum absolute atomic E-state index is 0.209. The van der Waals surface area contributed by atoms with E-state index in [0.29, 0.717) is 30.5 Å². The summed E-state index contributed by atoms with van der Waals surface area (Å²) in [6, 6.07) is 18.4. The van der Waals surface area contributed by atoms with Gasteiger partial charge in [0.15, 0.2) is 0 Å². The summed E-state index contributed by atoms with van der Waals surface area (Å²) in [6.45, 7) is -0.417. The average molecular weight is 618 g/mol. The highest BCUT2D eigenvalue weighted by molar-refractivity contribution is 7.89. The van der Waals surface area contributed by atoms with Crippen LogP contribution in [0, 0.1) is 5.92 Å². The Kier molecular flexibility index (Phi) is 10.6. The molecule has 230 valence electrons. The van der Waals surface area contributed by atoms with Gasteiger partial charge < -0.3 is 10.5 Å². The Morgan fingerprint density at radius 2 is 1.49 bits per heavy atom. The molecule has 3 N–H and O–H groups in total. The van der Waals surface area contributed by atoms with Crippen LogP contribution in [0.25, 0.3) is 0 Å². The number of hydrazine groups is 1. The number of amides is 1. The van der Waals surface area contributed by atoms with E-state index in [-0.39, 0.29) is 6.42 Å². The smallest absolute Gasteiger partial charge is 0.416 e. The van der Waals surface area contributed by atoms with E-state index >= 15 is 0 Å². The van der Waals surface area contributed by atoms with Crippen LogP contribution in [-0.2, 0) is 36.9 Å². The van der Waals surface area contributed by atoms with Gasteiger partial charge in [0.1, 0.15) is 18.7 Å². The summed E-state index contributed by atoms with van der Waals surface area (Å²) in [4.78, 5) is 28.7. The number of alkyl halides is 3. The first kappa shape index (κ1) is 32.2. The molecule has 2 atom stereocenters. The van der Waals surface area contributed by atoms with E-state index in [9.17, 15) is 31.2 Å². The molecule has 0 heterocycles. The largest absolute Gasteiger partial charge is 0.462 e. The maximum Gasteiger partial charge on any atom is 0.416 e. The zero-order chi connectivity index (χ0) is 31.0. The number of hydrogen-bond acceptors (Lipinski definition) is 6. The lowest BCUT2D eigenvalue weighted by Crippen LogP contribution is -2.52. The molecule has 8 nitrogen and oxygen atoms in total. The second-order valence-corrected chi connectivity index (χ2v) is 12.2. The lowest BCUT2D eigenvalue weighted by Gasteiger charge is -2.35. The second-order valence-electron chi connectivity index (χ2n) is 10.5. The summed E-state index contributed by atoms with van der Waals surface area (Å²) in [7, 11) is -4.53. The molecule has 0 radical (unpaired) electrons. The first-order chi connectivity index (χ1) is 20.5. The van der Waals surface area contributed by atoms with E-state index in [2.05, 4.69) is 4.83 Å². The predicted molar refractivity (Wildman–Crippen MR) is 153 cm³/mol. The molecule has 0 saturated heterocycles. The van der Waals surface area contributed by atoms with Crippen LogP contribution in [0.3, 0.4) is 0 Å². The summed E-state index contributed by atoms with van der Waals surface area (Å²) in [5.41, 5.74) is 6.39. The van der Waals surface area contributed by atoms with Crippen molar-refractivity contribution in [3.8, 4) is 0 Å². The van der Waals surface area contributed by atoms with E-state index in [1.807, 2.05) is 30.3 Å². The van der Waals surface area contributed by atoms with Crippen molar-refractivity contribution in [1.29, 1.82) is 0 Å². The molecule has 43 heavy (non-hydrogen) atoms. The predicted octanol–water partition coefficient (Wildman–Crippen LogP) is 5.16. The molecule has 1 unspecified atom stereocenters. The standard InChI is InChI=1S/C31H34F3N3O5S/c32-31(33,34)25-16-18-26(19-17-25)43(40,41)36-37(29(38)24-14-8-3-9-15-24)28(23-12-6-2-7-13-23)21-42-30(39)27(35)20-22-10-4-1-5-11-22/h1-2,4-7,10-13,16-19,24,27-28,36H,3,8-9,14-15,20-21,35H2/t27?,28-/m1/s1. The van der Waals surface area contributed by atoms with Crippen LogP contribution >= 0.6 is 0 Å². The maximum atomic E-state index is 13.9. The highest BCUT2D eigenvalue weighted by Crippen LogP contribution is 2.32. The lowest BCUT2D eigenvalue weighted by atomic mass is 9.88. The van der Waals surface area contributed by atoms with Crippen molar-refractivity contribution in [3.63, 3.8) is 0 Å². The third-order valence-corrected chi connectivity index (χ3v) is 8.71. The van der Waals surface area contributed by atoms with Crippen LogP contribution in [0.1, 0.15) is 54.8 Å². The monoisotopic (exact) mass is 617 g/mol. The van der Waals surface area contributed by atoms with Crippen LogP contribution in [0.5, 0.6) is 0 Å². The van der Waals surface area contributed by atoms with Gasteiger partial charge in [0.2, 0.25) is 5.91 Å². The summed E-state index contributed by atoms with van der Waals surface area (Å²) in [5, 5.41) is 0.939. The Hall–Kier alpha value is -3.74. The van der Waals surface area contributed by atoms with Crippen LogP contribution < -0.4 is 10.6 Å². The van der Waals surface area contributed by atoms with Gasteiger partial charge in [-0.25, -0.2) is 8.42 Å². The summed E-state index contributed by atoms with van der Waals surface area (Å²) in [6.07, 6.45) is -0.838. The number of nitrogens with two attached hydrogens (primary N) is 1. The number of carbonyl (C=O) groups is 2. The number of esters is 1. The van der Waals surface area contributed by atoms with Crippen molar-refractivity contribution in [2.24, 2.45) is 11.7 Å². The molecular formula is C31H34F3N3O5S. The fourth-order valence-corrected chi connectivity index (χ4v) is 6.10. The molecule has 0 spiro atoms. The molecule has 1 saturated carbocycles. The molecule has 3 aromatic rings. The van der Waals surface area contributed by atoms with Crippen molar-refractivity contribution >= 4 is 21.9 Å². The molecule has 0 aromatic heterocycles. The molecule has 3 aromatic carbocycles. The van der Waals surface area contributed by atoms with Crippen molar-refractivity contribution in [3.05, 3.63) is 102 Å². The number of benzene rings is 3. The normalized spacial score (nSPS) is 15.8.